The summed E-state index contributed by atoms with van der Waals surface area (Å²) < 4.78 is 8.60. The van der Waals surface area contributed by atoms with Crippen molar-refractivity contribution in [2.24, 2.45) is 0 Å². The molecule has 0 saturated heterocycles. The van der Waals surface area contributed by atoms with E-state index in [2.05, 4.69) is 308 Å². The minimum Gasteiger partial charge on any atom is -0.453 e. The minimum absolute atomic E-state index is 0.0446. The first-order chi connectivity index (χ1) is 34.9. The van der Waals surface area contributed by atoms with Gasteiger partial charge in [-0.1, -0.05) is 212 Å². The van der Waals surface area contributed by atoms with E-state index in [0.29, 0.717) is 0 Å². The maximum absolute atomic E-state index is 6.69. The van der Waals surface area contributed by atoms with Gasteiger partial charge in [-0.15, -0.1) is 0 Å². The first-order valence-electron chi connectivity index (χ1n) is 25.9. The molecule has 1 aliphatic rings. The number of rotatable bonds is 7. The Morgan fingerprint density at radius 2 is 0.500 bits per heavy atom. The second-order valence-corrected chi connectivity index (χ2v) is 26.2. The smallest absolute Gasteiger partial charge is 0.152 e. The Morgan fingerprint density at radius 3 is 0.743 bits per heavy atom. The topological polar surface area (TPSA) is 12.5 Å². The van der Waals surface area contributed by atoms with Crippen LogP contribution in [-0.4, -0.2) is 0 Å². The van der Waals surface area contributed by atoms with E-state index >= 15 is 0 Å². The van der Waals surface area contributed by atoms with E-state index in [1.807, 2.05) is 0 Å². The van der Waals surface area contributed by atoms with Crippen LogP contribution in [0.4, 0.5) is 17.1 Å². The van der Waals surface area contributed by atoms with Crippen molar-refractivity contribution in [3.05, 3.63) is 219 Å². The van der Waals surface area contributed by atoms with Crippen LogP contribution in [0.2, 0.25) is 0 Å². The fraction of sp³-hybridized carbons (Fsp3) is 0.229. The van der Waals surface area contributed by atoms with Crippen molar-refractivity contribution in [1.82, 2.24) is 0 Å². The van der Waals surface area contributed by atoms with Crippen LogP contribution in [0.1, 0.15) is 105 Å². The van der Waals surface area contributed by atoms with Gasteiger partial charge < -0.3 is 9.64 Å². The van der Waals surface area contributed by atoms with E-state index < -0.39 is 0 Å². The van der Waals surface area contributed by atoms with Gasteiger partial charge in [0.2, 0.25) is 0 Å². The molecule has 1 aliphatic heterocycles. The lowest BCUT2D eigenvalue weighted by atomic mass is 9.84. The van der Waals surface area contributed by atoms with Gasteiger partial charge in [-0.05, 0) is 202 Å². The summed E-state index contributed by atoms with van der Waals surface area (Å²) in [4.78, 5) is 2.36. The third kappa shape index (κ3) is 10.7. The molecule has 0 amide bonds. The molecule has 0 aromatic heterocycles. The third-order valence-electron chi connectivity index (χ3n) is 14.6. The molecular formula is C70H67Br2NO. The number of benzene rings is 9. The Labute approximate surface area is 457 Å². The number of halogens is 2. The average molecular weight is 1100 g/mol. The molecule has 0 atom stereocenters. The van der Waals surface area contributed by atoms with E-state index in [1.165, 1.54) is 66.8 Å². The summed E-state index contributed by atoms with van der Waals surface area (Å²) in [6.45, 7) is 27.3. The molecule has 0 N–H and O–H groups in total. The zero-order valence-electron chi connectivity index (χ0n) is 45.0. The maximum Gasteiger partial charge on any atom is 0.152 e. The number of hydrogen-bond acceptors (Lipinski definition) is 2. The molecule has 9 aromatic carbocycles. The van der Waals surface area contributed by atoms with Crippen molar-refractivity contribution in [2.75, 3.05) is 4.90 Å². The second kappa shape index (κ2) is 19.3. The molecule has 0 radical (unpaired) electrons. The van der Waals surface area contributed by atoms with Crippen molar-refractivity contribution in [3.8, 4) is 78.3 Å². The molecule has 2 nitrogen and oxygen atoms in total. The van der Waals surface area contributed by atoms with Gasteiger partial charge in [-0.25, -0.2) is 0 Å². The predicted octanol–water partition coefficient (Wildman–Crippen LogP) is 22.0. The zero-order chi connectivity index (χ0) is 52.5. The van der Waals surface area contributed by atoms with Crippen molar-refractivity contribution >= 4 is 48.9 Å². The van der Waals surface area contributed by atoms with Crippen LogP contribution >= 0.6 is 31.9 Å². The number of anilines is 3. The summed E-state index contributed by atoms with van der Waals surface area (Å²) in [5, 5.41) is 0. The molecule has 0 unspecified atom stereocenters. The van der Waals surface area contributed by atoms with Crippen molar-refractivity contribution in [2.45, 2.75) is 105 Å². The highest BCUT2D eigenvalue weighted by Gasteiger charge is 2.28. The molecule has 9 aromatic rings. The third-order valence-corrected chi connectivity index (χ3v) is 15.6. The van der Waals surface area contributed by atoms with Gasteiger partial charge in [0, 0.05) is 14.6 Å². The zero-order valence-corrected chi connectivity index (χ0v) is 48.2. The Hall–Kier alpha value is -6.46. The molecule has 10 rings (SSSR count). The largest absolute Gasteiger partial charge is 0.453 e. The second-order valence-electron chi connectivity index (χ2n) is 24.3. The van der Waals surface area contributed by atoms with Crippen LogP contribution in [0.15, 0.2) is 197 Å². The molecular weight excluding hydrogens is 1030 g/mol. The van der Waals surface area contributed by atoms with Gasteiger partial charge in [0.25, 0.3) is 0 Å². The van der Waals surface area contributed by atoms with E-state index in [4.69, 9.17) is 4.74 Å². The highest BCUT2D eigenvalue weighted by atomic mass is 79.9. The van der Waals surface area contributed by atoms with Crippen molar-refractivity contribution in [1.29, 1.82) is 0 Å². The van der Waals surface area contributed by atoms with Gasteiger partial charge in [-0.2, -0.15) is 0 Å². The van der Waals surface area contributed by atoms with E-state index in [1.54, 1.807) is 0 Å². The van der Waals surface area contributed by atoms with E-state index in [0.717, 1.165) is 59.8 Å². The lowest BCUT2D eigenvalue weighted by Gasteiger charge is -2.33. The van der Waals surface area contributed by atoms with Gasteiger partial charge >= 0.3 is 0 Å². The minimum atomic E-state index is 0.0446. The first-order valence-corrected chi connectivity index (χ1v) is 27.5. The SMILES string of the molecule is CC(C)(C)c1ccc(-c2cc(-c3ccc(C(C)(C)C)cc3)cc(-c3cc(-c4cc(-c5ccc(C(C)(C)C)cc5)cc(-c5ccc(C(C)(C)C)cc5)c4)cc(N4c5ccc(Br)cc5Oc5cc(Br)ccc54)c3)c2)cc1. The van der Waals surface area contributed by atoms with Crippen LogP contribution in [0, 0.1) is 0 Å². The summed E-state index contributed by atoms with van der Waals surface area (Å²) in [7, 11) is 0. The fourth-order valence-electron chi connectivity index (χ4n) is 10.0. The lowest BCUT2D eigenvalue weighted by molar-refractivity contribution is 0.476. The van der Waals surface area contributed by atoms with Gasteiger partial charge in [-0.3, -0.25) is 0 Å². The monoisotopic (exact) mass is 1100 g/mol. The summed E-state index contributed by atoms with van der Waals surface area (Å²) in [5.41, 5.74) is 22.3. The summed E-state index contributed by atoms with van der Waals surface area (Å²) in [5.74, 6) is 1.56. The van der Waals surface area contributed by atoms with E-state index in [9.17, 15) is 0 Å². The summed E-state index contributed by atoms with van der Waals surface area (Å²) in [6.07, 6.45) is 0. The highest BCUT2D eigenvalue weighted by Crippen LogP contribution is 2.53. The highest BCUT2D eigenvalue weighted by molar-refractivity contribution is 9.10. The van der Waals surface area contributed by atoms with Crippen LogP contribution in [0.3, 0.4) is 0 Å². The number of nitrogens with zero attached hydrogens (tertiary/aromatic N) is 1. The summed E-state index contributed by atoms with van der Waals surface area (Å²) in [6, 6.07) is 70.7. The van der Waals surface area contributed by atoms with Crippen LogP contribution in [0.25, 0.3) is 66.8 Å². The molecule has 0 aliphatic carbocycles. The number of hydrogen-bond donors (Lipinski definition) is 0. The Balaban J connectivity index is 1.24. The lowest BCUT2D eigenvalue weighted by Crippen LogP contribution is -2.16. The Morgan fingerprint density at radius 1 is 0.270 bits per heavy atom. The molecule has 372 valence electrons. The fourth-order valence-corrected chi connectivity index (χ4v) is 10.7. The Kier molecular flexibility index (Phi) is 13.3. The normalized spacial score (nSPS) is 12.8. The molecule has 1 heterocycles. The number of ether oxygens (including phenoxy) is 1. The van der Waals surface area contributed by atoms with Crippen molar-refractivity contribution < 1.29 is 4.74 Å². The summed E-state index contributed by atoms with van der Waals surface area (Å²) >= 11 is 7.51. The van der Waals surface area contributed by atoms with E-state index in [-0.39, 0.29) is 21.7 Å². The van der Waals surface area contributed by atoms with Crippen LogP contribution in [-0.2, 0) is 21.7 Å². The van der Waals surface area contributed by atoms with Gasteiger partial charge in [0.1, 0.15) is 0 Å². The molecule has 0 bridgehead atoms. The van der Waals surface area contributed by atoms with Crippen LogP contribution < -0.4 is 9.64 Å². The van der Waals surface area contributed by atoms with Gasteiger partial charge in [0.05, 0.1) is 11.4 Å². The average Bonchev–Trinajstić information content (AvgIpc) is 3.36. The molecule has 0 saturated carbocycles. The maximum atomic E-state index is 6.69. The first kappa shape index (κ1) is 51.0. The van der Waals surface area contributed by atoms with Crippen molar-refractivity contribution in [3.63, 3.8) is 0 Å². The molecule has 4 heteroatoms. The van der Waals surface area contributed by atoms with Gasteiger partial charge in [0.15, 0.2) is 11.5 Å². The molecule has 74 heavy (non-hydrogen) atoms. The molecule has 0 spiro atoms. The van der Waals surface area contributed by atoms with Crippen LogP contribution in [0.5, 0.6) is 11.5 Å². The predicted molar refractivity (Wildman–Crippen MR) is 324 cm³/mol. The standard InChI is InChI=1S/C70H67Br2NO/c1-67(2,3)56-21-13-44(14-22-56)48-33-49(45-15-23-57(24-16-45)68(4,5)6)36-52(35-48)54-39-55(41-62(40-54)73-63-31-29-60(71)42-65(63)74-66-43-61(72)30-32-64(66)73)53-37-50(46-17-25-58(26-18-46)69(7,8)9)34-51(38-53)47-19-27-59(28-20-47)70(10,11)12/h13-43H,1-12H3. The number of fused-ring (bicyclic) bond motifs is 2. The Bertz CT molecular complexity index is 3160. The quantitative estimate of drug-likeness (QED) is 0.158. The molecule has 0 fully saturated rings.